The maximum absolute atomic E-state index is 8.54. The minimum atomic E-state index is -0.0461. The molecule has 1 heterocycles. The molecular formula is C12H13NO. The third kappa shape index (κ3) is 1.73. The second kappa shape index (κ2) is 4.17. The summed E-state index contributed by atoms with van der Waals surface area (Å²) < 4.78 is 0. The summed E-state index contributed by atoms with van der Waals surface area (Å²) in [5.74, 6) is 5.61. The average Bonchev–Trinajstić information content (AvgIpc) is 2.63. The van der Waals surface area contributed by atoms with Crippen molar-refractivity contribution in [1.29, 1.82) is 0 Å². The van der Waals surface area contributed by atoms with Crippen LogP contribution in [0.3, 0.4) is 0 Å². The molecule has 0 saturated carbocycles. The van der Waals surface area contributed by atoms with Gasteiger partial charge in [-0.25, -0.2) is 0 Å². The van der Waals surface area contributed by atoms with Crippen LogP contribution >= 0.6 is 0 Å². The molecule has 2 nitrogen and oxygen atoms in total. The van der Waals surface area contributed by atoms with E-state index in [-0.39, 0.29) is 6.61 Å². The highest BCUT2D eigenvalue weighted by molar-refractivity contribution is 5.58. The number of anilines is 1. The van der Waals surface area contributed by atoms with Gasteiger partial charge in [-0.3, -0.25) is 0 Å². The van der Waals surface area contributed by atoms with Gasteiger partial charge in [-0.15, -0.1) is 0 Å². The van der Waals surface area contributed by atoms with Crippen LogP contribution in [0.5, 0.6) is 0 Å². The number of fused-ring (bicyclic) bond motifs is 1. The van der Waals surface area contributed by atoms with Crippen LogP contribution < -0.4 is 4.90 Å². The van der Waals surface area contributed by atoms with Crippen molar-refractivity contribution in [3.63, 3.8) is 0 Å². The fraction of sp³-hybridized carbons (Fsp3) is 0.333. The zero-order valence-corrected chi connectivity index (χ0v) is 8.03. The molecule has 1 aliphatic rings. The SMILES string of the molecule is OCC#CCN1CCc2ccccc21. The second-order valence-electron chi connectivity index (χ2n) is 3.31. The van der Waals surface area contributed by atoms with E-state index in [9.17, 15) is 0 Å². The van der Waals surface area contributed by atoms with E-state index < -0.39 is 0 Å². The predicted octanol–water partition coefficient (Wildman–Crippen LogP) is 1.04. The molecule has 2 heteroatoms. The molecule has 0 unspecified atom stereocenters. The fourth-order valence-electron chi connectivity index (χ4n) is 1.78. The maximum atomic E-state index is 8.54. The van der Waals surface area contributed by atoms with E-state index in [0.29, 0.717) is 0 Å². The Morgan fingerprint density at radius 2 is 2.14 bits per heavy atom. The molecule has 0 radical (unpaired) electrons. The second-order valence-corrected chi connectivity index (χ2v) is 3.31. The number of aliphatic hydroxyl groups excluding tert-OH is 1. The van der Waals surface area contributed by atoms with Crippen LogP contribution in [0, 0.1) is 11.8 Å². The van der Waals surface area contributed by atoms with Crippen molar-refractivity contribution >= 4 is 5.69 Å². The van der Waals surface area contributed by atoms with Crippen molar-refractivity contribution in [3.05, 3.63) is 29.8 Å². The van der Waals surface area contributed by atoms with Crippen molar-refractivity contribution in [2.45, 2.75) is 6.42 Å². The first-order chi connectivity index (χ1) is 6.92. The number of hydrogen-bond acceptors (Lipinski definition) is 2. The summed E-state index contributed by atoms with van der Waals surface area (Å²) in [7, 11) is 0. The lowest BCUT2D eigenvalue weighted by atomic mass is 10.2. The average molecular weight is 187 g/mol. The molecule has 1 N–H and O–H groups in total. The molecule has 0 aliphatic carbocycles. The minimum absolute atomic E-state index is 0.0461. The van der Waals surface area contributed by atoms with Crippen molar-refractivity contribution in [2.75, 3.05) is 24.6 Å². The van der Waals surface area contributed by atoms with Crippen LogP contribution in [0.4, 0.5) is 5.69 Å². The summed E-state index contributed by atoms with van der Waals surface area (Å²) in [5.41, 5.74) is 2.69. The number of hydrogen-bond donors (Lipinski definition) is 1. The zero-order chi connectivity index (χ0) is 9.80. The van der Waals surface area contributed by atoms with Gasteiger partial charge in [-0.05, 0) is 18.1 Å². The monoisotopic (exact) mass is 187 g/mol. The molecule has 0 atom stereocenters. The largest absolute Gasteiger partial charge is 0.384 e. The number of nitrogens with zero attached hydrogens (tertiary/aromatic N) is 1. The van der Waals surface area contributed by atoms with E-state index in [1.807, 2.05) is 0 Å². The Kier molecular flexibility index (Phi) is 2.71. The lowest BCUT2D eigenvalue weighted by Crippen LogP contribution is -2.20. The van der Waals surface area contributed by atoms with Gasteiger partial charge < -0.3 is 10.0 Å². The van der Waals surface area contributed by atoms with Gasteiger partial charge in [0.2, 0.25) is 0 Å². The van der Waals surface area contributed by atoms with Crippen LogP contribution in [0.15, 0.2) is 24.3 Å². The number of benzene rings is 1. The Bertz CT molecular complexity index is 375. The van der Waals surface area contributed by atoms with Crippen LogP contribution in [-0.4, -0.2) is 24.8 Å². The third-order valence-corrected chi connectivity index (χ3v) is 2.46. The molecule has 0 spiro atoms. The van der Waals surface area contributed by atoms with Crippen LogP contribution in [0.1, 0.15) is 5.56 Å². The smallest absolute Gasteiger partial charge is 0.104 e. The van der Waals surface area contributed by atoms with E-state index in [0.717, 1.165) is 19.5 Å². The maximum Gasteiger partial charge on any atom is 0.104 e. The van der Waals surface area contributed by atoms with Gasteiger partial charge in [0.25, 0.3) is 0 Å². The van der Waals surface area contributed by atoms with Gasteiger partial charge in [0, 0.05) is 12.2 Å². The molecule has 1 aromatic carbocycles. The van der Waals surface area contributed by atoms with E-state index in [1.54, 1.807) is 0 Å². The van der Waals surface area contributed by atoms with Crippen molar-refractivity contribution in [3.8, 4) is 11.8 Å². The molecule has 0 fully saturated rings. The Balaban J connectivity index is 2.10. The molecule has 72 valence electrons. The first kappa shape index (κ1) is 9.11. The molecule has 1 aromatic rings. The Morgan fingerprint density at radius 3 is 3.00 bits per heavy atom. The van der Waals surface area contributed by atoms with Crippen molar-refractivity contribution < 1.29 is 5.11 Å². The topological polar surface area (TPSA) is 23.5 Å². The lowest BCUT2D eigenvalue weighted by molar-refractivity contribution is 0.350. The lowest BCUT2D eigenvalue weighted by Gasteiger charge is -2.15. The van der Waals surface area contributed by atoms with Gasteiger partial charge in [0.1, 0.15) is 6.61 Å². The van der Waals surface area contributed by atoms with Gasteiger partial charge in [0.05, 0.1) is 6.54 Å². The van der Waals surface area contributed by atoms with Gasteiger partial charge in [-0.2, -0.15) is 0 Å². The summed E-state index contributed by atoms with van der Waals surface area (Å²) in [4.78, 5) is 2.25. The normalized spacial score (nSPS) is 13.4. The van der Waals surface area contributed by atoms with E-state index >= 15 is 0 Å². The Labute approximate surface area is 84.2 Å². The number of para-hydroxylation sites is 1. The number of aliphatic hydroxyl groups is 1. The number of rotatable bonds is 1. The summed E-state index contributed by atoms with van der Waals surface area (Å²) in [6.07, 6.45) is 1.11. The molecule has 0 saturated heterocycles. The first-order valence-corrected chi connectivity index (χ1v) is 4.81. The molecule has 2 rings (SSSR count). The molecule has 0 amide bonds. The Morgan fingerprint density at radius 1 is 1.29 bits per heavy atom. The highest BCUT2D eigenvalue weighted by atomic mass is 16.2. The van der Waals surface area contributed by atoms with Crippen LogP contribution in [0.25, 0.3) is 0 Å². The van der Waals surface area contributed by atoms with E-state index in [4.69, 9.17) is 5.11 Å². The molecule has 1 aliphatic heterocycles. The predicted molar refractivity (Wildman–Crippen MR) is 57.2 cm³/mol. The standard InChI is InChI=1S/C12H13NO/c14-10-4-3-8-13-9-7-11-5-1-2-6-12(11)13/h1-2,5-6,14H,7-10H2. The molecule has 14 heavy (non-hydrogen) atoms. The minimum Gasteiger partial charge on any atom is -0.384 e. The molecule has 0 aromatic heterocycles. The van der Waals surface area contributed by atoms with Gasteiger partial charge in [0.15, 0.2) is 0 Å². The van der Waals surface area contributed by atoms with Crippen LogP contribution in [0.2, 0.25) is 0 Å². The molecular weight excluding hydrogens is 174 g/mol. The van der Waals surface area contributed by atoms with E-state index in [2.05, 4.69) is 41.0 Å². The highest BCUT2D eigenvalue weighted by Crippen LogP contribution is 2.26. The zero-order valence-electron chi connectivity index (χ0n) is 8.03. The fourth-order valence-corrected chi connectivity index (χ4v) is 1.78. The summed E-state index contributed by atoms with van der Waals surface area (Å²) in [6.45, 7) is 1.71. The van der Waals surface area contributed by atoms with Gasteiger partial charge >= 0.3 is 0 Å². The van der Waals surface area contributed by atoms with Gasteiger partial charge in [-0.1, -0.05) is 30.0 Å². The summed E-state index contributed by atoms with van der Waals surface area (Å²) >= 11 is 0. The summed E-state index contributed by atoms with van der Waals surface area (Å²) in [5, 5.41) is 8.54. The van der Waals surface area contributed by atoms with E-state index in [1.165, 1.54) is 11.3 Å². The summed E-state index contributed by atoms with van der Waals surface area (Å²) in [6, 6.07) is 8.41. The Hall–Kier alpha value is -1.46. The van der Waals surface area contributed by atoms with Crippen LogP contribution in [-0.2, 0) is 6.42 Å². The first-order valence-electron chi connectivity index (χ1n) is 4.81. The highest BCUT2D eigenvalue weighted by Gasteiger charge is 2.16. The van der Waals surface area contributed by atoms with Crippen molar-refractivity contribution in [2.24, 2.45) is 0 Å². The quantitative estimate of drug-likeness (QED) is 0.664. The van der Waals surface area contributed by atoms with Crippen molar-refractivity contribution in [1.82, 2.24) is 0 Å². The third-order valence-electron chi connectivity index (χ3n) is 2.46. The molecule has 0 bridgehead atoms.